The summed E-state index contributed by atoms with van der Waals surface area (Å²) in [4.78, 5) is 0. The largest absolute Gasteiger partial charge is 0.371 e. The summed E-state index contributed by atoms with van der Waals surface area (Å²) in [5.74, 6) is 0.208. The van der Waals surface area contributed by atoms with Crippen LogP contribution in [0.15, 0.2) is 0 Å². The van der Waals surface area contributed by atoms with E-state index in [9.17, 15) is 0 Å². The molecule has 0 bridgehead atoms. The van der Waals surface area contributed by atoms with Crippen LogP contribution in [0.2, 0.25) is 0 Å². The van der Waals surface area contributed by atoms with Gasteiger partial charge in [0.1, 0.15) is 0 Å². The molecule has 0 radical (unpaired) electrons. The predicted molar refractivity (Wildman–Crippen MR) is 18.4 cm³/mol. The van der Waals surface area contributed by atoms with E-state index in [1.165, 1.54) is 0 Å². The molecule has 1 N–H and O–H groups in total. The first-order valence-electron chi connectivity index (χ1n) is 0.871. The zero-order valence-corrected chi connectivity index (χ0v) is 2.84. The first-order chi connectivity index (χ1) is 1.91. The molecule has 0 atom stereocenters. The average molecular weight is 76.5 g/mol. The summed E-state index contributed by atoms with van der Waals surface area (Å²) in [6, 6.07) is 0. The van der Waals surface area contributed by atoms with Crippen molar-refractivity contribution in [3.63, 3.8) is 0 Å². The Balaban J connectivity index is 2.30. The third-order valence-corrected chi connectivity index (χ3v) is 0.200. The van der Waals surface area contributed by atoms with Gasteiger partial charge in [0, 0.05) is 0 Å². The molecule has 0 aliphatic carbocycles. The van der Waals surface area contributed by atoms with E-state index >= 15 is 0 Å². The highest BCUT2D eigenvalue weighted by Crippen LogP contribution is 1.58. The fourth-order valence-corrected chi connectivity index (χ4v) is 0. The third kappa shape index (κ3) is 1.87. The first-order valence-corrected chi connectivity index (χ1v) is 1.41. The van der Waals surface area contributed by atoms with Gasteiger partial charge in [-0.1, -0.05) is 17.0 Å². The van der Waals surface area contributed by atoms with Crippen LogP contribution in [0.5, 0.6) is 0 Å². The lowest BCUT2D eigenvalue weighted by Crippen LogP contribution is -1.61. The van der Waals surface area contributed by atoms with Crippen molar-refractivity contribution in [1.82, 2.24) is 0 Å². The molecule has 0 amide bonds. The minimum atomic E-state index is 0.208. The van der Waals surface area contributed by atoms with Crippen molar-refractivity contribution in [3.8, 4) is 0 Å². The van der Waals surface area contributed by atoms with Crippen molar-refractivity contribution in [3.05, 3.63) is 0 Å². The SMILES string of the molecule is N=[C+]CCl. The Bertz CT molecular complexity index is 20.0. The zero-order valence-electron chi connectivity index (χ0n) is 2.09. The Labute approximate surface area is 30.1 Å². The summed E-state index contributed by atoms with van der Waals surface area (Å²) in [5.41, 5.74) is 0. The molecule has 2 heteroatoms. The van der Waals surface area contributed by atoms with Gasteiger partial charge >= 0.3 is 6.21 Å². The lowest BCUT2D eigenvalue weighted by atomic mass is 10.9. The Morgan fingerprint density at radius 2 is 2.25 bits per heavy atom. The monoisotopic (exact) mass is 76.0 g/mol. The van der Waals surface area contributed by atoms with E-state index in [1.54, 1.807) is 0 Å². The van der Waals surface area contributed by atoms with Crippen LogP contribution in [0.1, 0.15) is 0 Å². The second-order valence-electron chi connectivity index (χ2n) is 0.310. The Kier molecular flexibility index (Phi) is 2.78. The molecule has 0 aliphatic heterocycles. The Hall–Kier alpha value is -0.130. The van der Waals surface area contributed by atoms with Crippen LogP contribution in [-0.2, 0) is 0 Å². The zero-order chi connectivity index (χ0) is 3.41. The molecule has 0 unspecified atom stereocenters. The van der Waals surface area contributed by atoms with E-state index in [0.717, 1.165) is 0 Å². The lowest BCUT2D eigenvalue weighted by Gasteiger charge is -1.31. The van der Waals surface area contributed by atoms with Crippen LogP contribution in [0.4, 0.5) is 0 Å². The highest BCUT2D eigenvalue weighted by Gasteiger charge is 1.74. The molecule has 0 aliphatic rings. The molecule has 0 saturated heterocycles. The molecule has 0 saturated carbocycles. The van der Waals surface area contributed by atoms with Crippen molar-refractivity contribution in [2.75, 3.05) is 5.88 Å². The summed E-state index contributed by atoms with van der Waals surface area (Å²) in [6.45, 7) is 0. The molecule has 0 aromatic rings. The number of rotatable bonds is 1. The standard InChI is InChI=1S/C2H3ClN/c3-1-2-4/h4H,1H2/q+1. The molecule has 0 rings (SSSR count). The van der Waals surface area contributed by atoms with Gasteiger partial charge in [-0.15, -0.1) is 0 Å². The third-order valence-electron chi connectivity index (χ3n) is 0.0668. The lowest BCUT2D eigenvalue weighted by molar-refractivity contribution is 1.55. The van der Waals surface area contributed by atoms with Gasteiger partial charge in [0.2, 0.25) is 0 Å². The van der Waals surface area contributed by atoms with E-state index in [0.29, 0.717) is 0 Å². The fraction of sp³-hybridized carbons (Fsp3) is 0.500. The molecule has 1 nitrogen and oxygen atoms in total. The molecular weight excluding hydrogens is 73.5 g/mol. The predicted octanol–water partition coefficient (Wildman–Crippen LogP) is 0.752. The summed E-state index contributed by atoms with van der Waals surface area (Å²) in [6.07, 6.45) is 1.95. The van der Waals surface area contributed by atoms with Gasteiger partial charge in [-0.3, -0.25) is 0 Å². The maximum atomic E-state index is 6.07. The molecule has 0 spiro atoms. The Morgan fingerprint density at radius 1 is 2.00 bits per heavy atom. The van der Waals surface area contributed by atoms with Crippen molar-refractivity contribution in [1.29, 1.82) is 5.41 Å². The van der Waals surface area contributed by atoms with Gasteiger partial charge in [-0.05, 0) is 0 Å². The molecule has 0 aromatic carbocycles. The van der Waals surface area contributed by atoms with E-state index in [2.05, 4.69) is 0 Å². The fourth-order valence-electron chi connectivity index (χ4n) is 0. The van der Waals surface area contributed by atoms with Crippen LogP contribution in [0, 0.1) is 5.41 Å². The molecule has 0 heterocycles. The number of hydrogen-bond donors (Lipinski definition) is 1. The highest BCUT2D eigenvalue weighted by molar-refractivity contribution is 6.24. The van der Waals surface area contributed by atoms with Crippen molar-refractivity contribution < 1.29 is 0 Å². The molecule has 0 fully saturated rings. The van der Waals surface area contributed by atoms with Crippen LogP contribution in [-0.4, -0.2) is 12.1 Å². The minimum Gasteiger partial charge on any atom is -0.0597 e. The van der Waals surface area contributed by atoms with E-state index < -0.39 is 0 Å². The van der Waals surface area contributed by atoms with E-state index in [4.69, 9.17) is 17.0 Å². The maximum absolute atomic E-state index is 6.07. The topological polar surface area (TPSA) is 23.9 Å². The Morgan fingerprint density at radius 3 is 2.25 bits per heavy atom. The average Bonchev–Trinajstić information content (AvgIpc) is 1.37. The molecular formula is C2H3ClN+. The van der Waals surface area contributed by atoms with Gasteiger partial charge in [0.25, 0.3) is 5.88 Å². The summed E-state index contributed by atoms with van der Waals surface area (Å²) < 4.78 is 0. The summed E-state index contributed by atoms with van der Waals surface area (Å²) in [7, 11) is 0. The molecule has 4 heavy (non-hydrogen) atoms. The number of hydrogen-bond acceptors (Lipinski definition) is 1. The minimum absolute atomic E-state index is 0.208. The molecule has 0 aromatic heterocycles. The smallest absolute Gasteiger partial charge is 0.0597 e. The van der Waals surface area contributed by atoms with Crippen molar-refractivity contribution in [2.24, 2.45) is 0 Å². The second kappa shape index (κ2) is 2.87. The highest BCUT2D eigenvalue weighted by atomic mass is 35.5. The number of nitrogens with one attached hydrogen (secondary N) is 1. The normalized spacial score (nSPS) is 5.25. The van der Waals surface area contributed by atoms with Crippen molar-refractivity contribution >= 4 is 17.8 Å². The van der Waals surface area contributed by atoms with Crippen LogP contribution in [0.3, 0.4) is 0 Å². The van der Waals surface area contributed by atoms with Gasteiger partial charge in [0.05, 0.1) is 0 Å². The van der Waals surface area contributed by atoms with Crippen LogP contribution < -0.4 is 0 Å². The van der Waals surface area contributed by atoms with Crippen molar-refractivity contribution in [2.45, 2.75) is 0 Å². The first kappa shape index (κ1) is 3.87. The number of alkyl halides is 1. The van der Waals surface area contributed by atoms with Crippen LogP contribution >= 0.6 is 11.6 Å². The number of halogens is 1. The summed E-state index contributed by atoms with van der Waals surface area (Å²) >= 11 is 4.89. The maximum Gasteiger partial charge on any atom is 0.371 e. The second-order valence-corrected chi connectivity index (χ2v) is 0.578. The summed E-state index contributed by atoms with van der Waals surface area (Å²) in [5, 5.41) is 6.07. The van der Waals surface area contributed by atoms with E-state index in [1.807, 2.05) is 6.21 Å². The molecule has 22 valence electrons. The van der Waals surface area contributed by atoms with Gasteiger partial charge in [-0.25, -0.2) is 0 Å². The van der Waals surface area contributed by atoms with Crippen LogP contribution in [0.25, 0.3) is 0 Å². The van der Waals surface area contributed by atoms with Gasteiger partial charge in [-0.2, -0.15) is 0 Å². The van der Waals surface area contributed by atoms with Gasteiger partial charge < -0.3 is 0 Å². The van der Waals surface area contributed by atoms with Gasteiger partial charge in [0.15, 0.2) is 0 Å². The quantitative estimate of drug-likeness (QED) is 0.271. The van der Waals surface area contributed by atoms with E-state index in [-0.39, 0.29) is 5.88 Å².